The molecule has 0 aromatic heterocycles. The number of nitrogens with one attached hydrogen (secondary N) is 2. The van der Waals surface area contributed by atoms with E-state index in [0.29, 0.717) is 24.3 Å². The molecule has 1 aliphatic rings. The third kappa shape index (κ3) is 5.23. The third-order valence-electron chi connectivity index (χ3n) is 3.83. The Morgan fingerprint density at radius 3 is 2.70 bits per heavy atom. The van der Waals surface area contributed by atoms with E-state index in [0.717, 1.165) is 0 Å². The highest BCUT2D eigenvalue weighted by Gasteiger charge is 2.32. The van der Waals surface area contributed by atoms with Gasteiger partial charge in [0.15, 0.2) is 12.1 Å². The van der Waals surface area contributed by atoms with Crippen molar-refractivity contribution < 1.29 is 22.7 Å². The number of amides is 1. The standard InChI is InChI=1S/C17H23N3O5S2/c1-4-18-16(21)11(2)25-17(22)13(9-10-26-3)19-15-12-7-5-6-8-14(12)27(23,24)20-15/h5-8,11,13H,4,9-10H2,1-3H3,(H,18,21)(H,19,20)/t11-,13+/m0/s1. The first-order chi connectivity index (χ1) is 12.8. The van der Waals surface area contributed by atoms with Gasteiger partial charge in [-0.05, 0) is 44.4 Å². The lowest BCUT2D eigenvalue weighted by molar-refractivity contribution is -0.156. The fraction of sp³-hybridized carbons (Fsp3) is 0.471. The van der Waals surface area contributed by atoms with E-state index >= 15 is 0 Å². The summed E-state index contributed by atoms with van der Waals surface area (Å²) >= 11 is 1.53. The van der Waals surface area contributed by atoms with Crippen LogP contribution in [0, 0.1) is 0 Å². The molecule has 148 valence electrons. The summed E-state index contributed by atoms with van der Waals surface area (Å²) in [7, 11) is -3.69. The lowest BCUT2D eigenvalue weighted by Gasteiger charge is -2.17. The summed E-state index contributed by atoms with van der Waals surface area (Å²) in [4.78, 5) is 28.8. The van der Waals surface area contributed by atoms with Gasteiger partial charge in [-0.3, -0.25) is 14.5 Å². The number of aliphatic imine (C=N–C) groups is 1. The average molecular weight is 414 g/mol. The van der Waals surface area contributed by atoms with Gasteiger partial charge in [0.05, 0.1) is 4.90 Å². The van der Waals surface area contributed by atoms with Gasteiger partial charge in [0, 0.05) is 12.1 Å². The topological polar surface area (TPSA) is 114 Å². The second-order valence-corrected chi connectivity index (χ2v) is 8.49. The second-order valence-electron chi connectivity index (χ2n) is 5.85. The van der Waals surface area contributed by atoms with E-state index in [1.165, 1.54) is 24.8 Å². The molecule has 2 atom stereocenters. The molecule has 8 nitrogen and oxygen atoms in total. The molecule has 1 heterocycles. The smallest absolute Gasteiger partial charge is 0.331 e. The molecule has 0 aliphatic carbocycles. The van der Waals surface area contributed by atoms with Crippen LogP contribution in [0.15, 0.2) is 34.2 Å². The van der Waals surface area contributed by atoms with E-state index in [1.807, 2.05) is 6.26 Å². The summed E-state index contributed by atoms with van der Waals surface area (Å²) in [5, 5.41) is 2.58. The molecule has 1 aromatic carbocycles. The van der Waals surface area contributed by atoms with Crippen LogP contribution in [-0.2, 0) is 24.3 Å². The van der Waals surface area contributed by atoms with Crippen molar-refractivity contribution in [1.82, 2.24) is 10.0 Å². The van der Waals surface area contributed by atoms with Gasteiger partial charge in [0.25, 0.3) is 15.9 Å². The predicted octanol–water partition coefficient (Wildman–Crippen LogP) is 0.915. The number of amidine groups is 1. The fourth-order valence-electron chi connectivity index (χ4n) is 2.47. The summed E-state index contributed by atoms with van der Waals surface area (Å²) in [6, 6.07) is 5.50. The Balaban J connectivity index is 2.26. The van der Waals surface area contributed by atoms with Crippen molar-refractivity contribution in [2.45, 2.75) is 37.3 Å². The molecule has 1 amide bonds. The van der Waals surface area contributed by atoms with E-state index in [4.69, 9.17) is 4.74 Å². The van der Waals surface area contributed by atoms with Gasteiger partial charge in [0.1, 0.15) is 5.84 Å². The van der Waals surface area contributed by atoms with Gasteiger partial charge in [-0.25, -0.2) is 13.2 Å². The first-order valence-corrected chi connectivity index (χ1v) is 11.3. The molecule has 0 saturated heterocycles. The summed E-state index contributed by atoms with van der Waals surface area (Å²) in [5.41, 5.74) is 0.413. The second kappa shape index (κ2) is 9.23. The van der Waals surface area contributed by atoms with Gasteiger partial charge < -0.3 is 10.1 Å². The highest BCUT2D eigenvalue weighted by atomic mass is 32.2. The van der Waals surface area contributed by atoms with Crippen LogP contribution in [-0.4, -0.2) is 56.8 Å². The minimum atomic E-state index is -3.69. The first kappa shape index (κ1) is 21.2. The van der Waals surface area contributed by atoms with Gasteiger partial charge in [0.2, 0.25) is 0 Å². The van der Waals surface area contributed by atoms with Crippen molar-refractivity contribution in [1.29, 1.82) is 0 Å². The van der Waals surface area contributed by atoms with Crippen LogP contribution in [0.5, 0.6) is 0 Å². The lowest BCUT2D eigenvalue weighted by Crippen LogP contribution is -2.38. The van der Waals surface area contributed by atoms with Gasteiger partial charge in [-0.2, -0.15) is 11.8 Å². The molecule has 0 radical (unpaired) electrons. The van der Waals surface area contributed by atoms with E-state index in [2.05, 4.69) is 15.0 Å². The Morgan fingerprint density at radius 1 is 1.33 bits per heavy atom. The Morgan fingerprint density at radius 2 is 2.04 bits per heavy atom. The van der Waals surface area contributed by atoms with Crippen molar-refractivity contribution in [3.63, 3.8) is 0 Å². The van der Waals surface area contributed by atoms with E-state index in [-0.39, 0.29) is 10.7 Å². The molecule has 0 bridgehead atoms. The van der Waals surface area contributed by atoms with Gasteiger partial charge >= 0.3 is 5.97 Å². The molecule has 0 spiro atoms. The Bertz CT molecular complexity index is 839. The number of nitrogens with zero attached hydrogens (tertiary/aromatic N) is 1. The number of carbonyl (C=O) groups is 2. The molecule has 0 saturated carbocycles. The summed E-state index contributed by atoms with van der Waals surface area (Å²) in [6.45, 7) is 3.68. The zero-order chi connectivity index (χ0) is 20.0. The Labute approximate surface area is 163 Å². The minimum Gasteiger partial charge on any atom is -0.451 e. The van der Waals surface area contributed by atoms with E-state index in [1.54, 1.807) is 25.1 Å². The molecular formula is C17H23N3O5S2. The molecule has 1 aliphatic heterocycles. The van der Waals surface area contributed by atoms with Crippen LogP contribution >= 0.6 is 11.8 Å². The number of benzene rings is 1. The highest BCUT2D eigenvalue weighted by molar-refractivity contribution is 7.98. The number of esters is 1. The largest absolute Gasteiger partial charge is 0.451 e. The normalized spacial score (nSPS) is 18.3. The summed E-state index contributed by atoms with van der Waals surface area (Å²) < 4.78 is 32.0. The number of hydrogen-bond acceptors (Lipinski definition) is 7. The van der Waals surface area contributed by atoms with Crippen LogP contribution in [0.3, 0.4) is 0 Å². The van der Waals surface area contributed by atoms with Gasteiger partial charge in [-0.15, -0.1) is 0 Å². The van der Waals surface area contributed by atoms with Crippen LogP contribution in [0.2, 0.25) is 0 Å². The van der Waals surface area contributed by atoms with Crippen molar-refractivity contribution in [3.05, 3.63) is 29.8 Å². The van der Waals surface area contributed by atoms with E-state index in [9.17, 15) is 18.0 Å². The number of sulfonamides is 1. The third-order valence-corrected chi connectivity index (χ3v) is 5.87. The van der Waals surface area contributed by atoms with Crippen molar-refractivity contribution in [3.8, 4) is 0 Å². The summed E-state index contributed by atoms with van der Waals surface area (Å²) in [6.07, 6.45) is 1.29. The number of hydrogen-bond donors (Lipinski definition) is 2. The predicted molar refractivity (Wildman–Crippen MR) is 104 cm³/mol. The maximum atomic E-state index is 12.5. The fourth-order valence-corrected chi connectivity index (χ4v) is 4.17. The number of carbonyl (C=O) groups excluding carboxylic acids is 2. The number of likely N-dealkylation sites (N-methyl/N-ethyl adjacent to an activating group) is 1. The molecule has 1 aromatic rings. The first-order valence-electron chi connectivity index (χ1n) is 8.47. The summed E-state index contributed by atoms with van der Waals surface area (Å²) in [5.74, 6) is -0.326. The van der Waals surface area contributed by atoms with Crippen LogP contribution < -0.4 is 10.0 Å². The Hall–Kier alpha value is -2.07. The van der Waals surface area contributed by atoms with Crippen LogP contribution in [0.4, 0.5) is 0 Å². The SMILES string of the molecule is CCNC(=O)[C@H](C)OC(=O)[C@@H](CCSC)N=C1NS(=O)(=O)c2ccccc21. The maximum Gasteiger partial charge on any atom is 0.331 e. The molecular weight excluding hydrogens is 390 g/mol. The molecule has 2 rings (SSSR count). The van der Waals surface area contributed by atoms with Gasteiger partial charge in [-0.1, -0.05) is 12.1 Å². The monoisotopic (exact) mass is 413 g/mol. The molecule has 0 unspecified atom stereocenters. The minimum absolute atomic E-state index is 0.110. The number of ether oxygens (including phenoxy) is 1. The number of thioether (sulfide) groups is 1. The molecule has 2 N–H and O–H groups in total. The highest BCUT2D eigenvalue weighted by Crippen LogP contribution is 2.23. The average Bonchev–Trinajstić information content (AvgIpc) is 2.89. The quantitative estimate of drug-likeness (QED) is 0.613. The van der Waals surface area contributed by atoms with Crippen LogP contribution in [0.25, 0.3) is 0 Å². The maximum absolute atomic E-state index is 12.5. The number of fused-ring (bicyclic) bond motifs is 1. The van der Waals surface area contributed by atoms with Crippen molar-refractivity contribution in [2.75, 3.05) is 18.6 Å². The van der Waals surface area contributed by atoms with Crippen molar-refractivity contribution >= 4 is 39.5 Å². The van der Waals surface area contributed by atoms with Crippen molar-refractivity contribution in [2.24, 2.45) is 4.99 Å². The number of rotatable bonds is 8. The molecule has 0 fully saturated rings. The molecule has 27 heavy (non-hydrogen) atoms. The lowest BCUT2D eigenvalue weighted by atomic mass is 10.2. The van der Waals surface area contributed by atoms with Crippen LogP contribution in [0.1, 0.15) is 25.8 Å². The zero-order valence-corrected chi connectivity index (χ0v) is 17.0. The molecule has 10 heteroatoms. The van der Waals surface area contributed by atoms with E-state index < -0.39 is 34.0 Å². The Kier molecular flexibility index (Phi) is 7.25. The zero-order valence-electron chi connectivity index (χ0n) is 15.4.